The van der Waals surface area contributed by atoms with Gasteiger partial charge in [-0.05, 0) is 57.4 Å². The number of esters is 1. The Morgan fingerprint density at radius 1 is 0.740 bits per heavy atom. The minimum atomic E-state index is -1.41. The lowest BCUT2D eigenvalue weighted by atomic mass is 10.0. The number of aliphatic hydroxyl groups is 3. The smallest absolute Gasteiger partial charge is 0.326 e. The van der Waals surface area contributed by atoms with Crippen LogP contribution in [0.25, 0.3) is 0 Å². The lowest BCUT2D eigenvalue weighted by molar-refractivity contribution is -0.292. The van der Waals surface area contributed by atoms with Gasteiger partial charge in [0.25, 0.3) is 0 Å². The Morgan fingerprint density at radius 2 is 1.34 bits per heavy atom. The second-order valence-corrected chi connectivity index (χ2v) is 12.5. The molecular formula is C35H55N3O12. The first kappa shape index (κ1) is 42.5. The molecule has 1 fully saturated rings. The fourth-order valence-corrected chi connectivity index (χ4v) is 5.21. The Bertz CT molecular complexity index is 1170. The Hall–Kier alpha value is -3.63. The number of nitrogens with one attached hydrogen (secondary N) is 3. The number of carbonyl (C=O) groups is 5. The van der Waals surface area contributed by atoms with Gasteiger partial charge in [-0.1, -0.05) is 43.2 Å². The van der Waals surface area contributed by atoms with Gasteiger partial charge in [-0.2, -0.15) is 0 Å². The van der Waals surface area contributed by atoms with E-state index in [1.165, 1.54) is 0 Å². The second kappa shape index (κ2) is 24.5. The molecular weight excluding hydrogens is 654 g/mol. The molecule has 0 bridgehead atoms. The molecule has 0 aliphatic carbocycles. The molecule has 2 rings (SSSR count). The van der Waals surface area contributed by atoms with Gasteiger partial charge in [-0.3, -0.25) is 19.2 Å². The number of carbonyl (C=O) groups excluding carboxylic acids is 4. The highest BCUT2D eigenvalue weighted by Gasteiger charge is 2.42. The largest absolute Gasteiger partial charge is 0.480 e. The summed E-state index contributed by atoms with van der Waals surface area (Å²) in [6, 6.07) is 8.43. The maximum Gasteiger partial charge on any atom is 0.326 e. The number of carboxylic acid groups (broad SMARTS) is 1. The summed E-state index contributed by atoms with van der Waals surface area (Å²) >= 11 is 0. The third-order valence-corrected chi connectivity index (χ3v) is 8.22. The Balaban J connectivity index is 1.43. The third kappa shape index (κ3) is 17.9. The number of unbranched alkanes of at least 4 members (excludes halogenated alkanes) is 5. The van der Waals surface area contributed by atoms with Gasteiger partial charge in [-0.25, -0.2) is 4.79 Å². The normalized spacial score (nSPS) is 20.8. The van der Waals surface area contributed by atoms with Crippen molar-refractivity contribution in [1.29, 1.82) is 0 Å². The lowest BCUT2D eigenvalue weighted by Gasteiger charge is -2.38. The van der Waals surface area contributed by atoms with Gasteiger partial charge in [0, 0.05) is 38.8 Å². The van der Waals surface area contributed by atoms with E-state index >= 15 is 0 Å². The molecule has 15 heteroatoms. The summed E-state index contributed by atoms with van der Waals surface area (Å²) in [6.45, 7) is 2.35. The van der Waals surface area contributed by atoms with Crippen LogP contribution in [0.15, 0.2) is 30.3 Å². The van der Waals surface area contributed by atoms with Gasteiger partial charge >= 0.3 is 11.9 Å². The van der Waals surface area contributed by atoms with E-state index in [4.69, 9.17) is 14.2 Å². The van der Waals surface area contributed by atoms with Crippen molar-refractivity contribution < 1.29 is 58.6 Å². The van der Waals surface area contributed by atoms with E-state index in [-0.39, 0.29) is 69.1 Å². The predicted octanol–water partition coefficient (Wildman–Crippen LogP) is 1.45. The zero-order valence-corrected chi connectivity index (χ0v) is 28.9. The Morgan fingerprint density at radius 3 is 2.00 bits per heavy atom. The summed E-state index contributed by atoms with van der Waals surface area (Å²) in [5.41, 5.74) is 0.930. The quantitative estimate of drug-likeness (QED) is 0.0565. The SMILES string of the molecule is C[C@@H]1O[C@@H](OCCNC(=O)CCCCC(=O)NCCCC[C@H](NC(=O)CCCCCCC(=O)OCc2ccccc2)C(=O)O)[C@@H](O)[C@H](O)[C@@H]1O. The van der Waals surface area contributed by atoms with E-state index in [0.717, 1.165) is 18.4 Å². The molecule has 1 saturated heterocycles. The fourth-order valence-electron chi connectivity index (χ4n) is 5.21. The van der Waals surface area contributed by atoms with Crippen molar-refractivity contribution in [2.45, 2.75) is 134 Å². The molecule has 1 aliphatic heterocycles. The second-order valence-electron chi connectivity index (χ2n) is 12.5. The first-order valence-corrected chi connectivity index (χ1v) is 17.5. The van der Waals surface area contributed by atoms with Gasteiger partial charge in [0.05, 0.1) is 12.7 Å². The van der Waals surface area contributed by atoms with E-state index in [1.54, 1.807) is 6.92 Å². The molecule has 282 valence electrons. The van der Waals surface area contributed by atoms with Crippen molar-refractivity contribution in [2.24, 2.45) is 0 Å². The lowest BCUT2D eigenvalue weighted by Crippen LogP contribution is -2.57. The maximum atomic E-state index is 12.3. The Labute approximate surface area is 293 Å². The first-order chi connectivity index (χ1) is 24.0. The van der Waals surface area contributed by atoms with Crippen molar-refractivity contribution in [3.05, 3.63) is 35.9 Å². The standard InChI is InChI=1S/C35H55N3O12/c1-24-31(43)32(44)33(45)35(50-24)48-22-21-37-28(40)17-10-9-16-27(39)36-20-12-11-15-26(34(46)47)38-29(41)18-7-2-3-8-19-30(42)49-23-25-13-5-4-6-14-25/h4-6,13-14,24,26,31-33,35,43-45H,2-3,7-12,15-23H2,1H3,(H,36,39)(H,37,40)(H,38,41)(H,46,47)/t24-,26-,31+,32+,33-,35+/m0/s1. The highest BCUT2D eigenvalue weighted by atomic mass is 16.7. The van der Waals surface area contributed by atoms with Crippen LogP contribution >= 0.6 is 0 Å². The topological polar surface area (TPSA) is 230 Å². The number of aliphatic carboxylic acids is 1. The van der Waals surface area contributed by atoms with Crippen LogP contribution in [0.5, 0.6) is 0 Å². The molecule has 0 saturated carbocycles. The number of hydrogen-bond acceptors (Lipinski definition) is 11. The minimum absolute atomic E-state index is 0.0311. The molecule has 0 aromatic heterocycles. The molecule has 1 aromatic rings. The highest BCUT2D eigenvalue weighted by Crippen LogP contribution is 2.21. The van der Waals surface area contributed by atoms with Crippen molar-refractivity contribution in [3.63, 3.8) is 0 Å². The minimum Gasteiger partial charge on any atom is -0.480 e. The van der Waals surface area contributed by atoms with Crippen LogP contribution in [0, 0.1) is 0 Å². The van der Waals surface area contributed by atoms with E-state index in [1.807, 2.05) is 30.3 Å². The average Bonchev–Trinajstić information content (AvgIpc) is 3.09. The molecule has 15 nitrogen and oxygen atoms in total. The number of benzene rings is 1. The highest BCUT2D eigenvalue weighted by molar-refractivity contribution is 5.83. The average molecular weight is 710 g/mol. The molecule has 3 amide bonds. The van der Waals surface area contributed by atoms with Crippen LogP contribution in [0.3, 0.4) is 0 Å². The van der Waals surface area contributed by atoms with Crippen LogP contribution in [0.2, 0.25) is 0 Å². The summed E-state index contributed by atoms with van der Waals surface area (Å²) in [4.78, 5) is 59.9. The van der Waals surface area contributed by atoms with E-state index < -0.39 is 42.7 Å². The molecule has 50 heavy (non-hydrogen) atoms. The monoisotopic (exact) mass is 709 g/mol. The zero-order chi connectivity index (χ0) is 36.7. The molecule has 0 radical (unpaired) electrons. The van der Waals surface area contributed by atoms with Crippen molar-refractivity contribution in [1.82, 2.24) is 16.0 Å². The molecule has 7 N–H and O–H groups in total. The number of hydrogen-bond donors (Lipinski definition) is 7. The summed E-state index contributed by atoms with van der Waals surface area (Å²) in [7, 11) is 0. The molecule has 1 heterocycles. The number of aliphatic hydroxyl groups excluding tert-OH is 3. The molecule has 6 atom stereocenters. The number of ether oxygens (including phenoxy) is 3. The van der Waals surface area contributed by atoms with E-state index in [9.17, 15) is 44.4 Å². The van der Waals surface area contributed by atoms with Crippen LogP contribution in [0.4, 0.5) is 0 Å². The molecule has 1 aliphatic rings. The molecule has 0 unspecified atom stereocenters. The van der Waals surface area contributed by atoms with Crippen LogP contribution in [-0.4, -0.2) is 107 Å². The van der Waals surface area contributed by atoms with E-state index in [2.05, 4.69) is 16.0 Å². The van der Waals surface area contributed by atoms with Crippen LogP contribution in [-0.2, 0) is 44.8 Å². The summed E-state index contributed by atoms with van der Waals surface area (Å²) < 4.78 is 15.9. The van der Waals surface area contributed by atoms with Crippen molar-refractivity contribution in [2.75, 3.05) is 19.7 Å². The van der Waals surface area contributed by atoms with Gasteiger partial charge in [0.15, 0.2) is 6.29 Å². The number of carboxylic acids is 1. The van der Waals surface area contributed by atoms with Gasteiger partial charge in [0.2, 0.25) is 17.7 Å². The zero-order valence-electron chi connectivity index (χ0n) is 28.9. The third-order valence-electron chi connectivity index (χ3n) is 8.22. The maximum absolute atomic E-state index is 12.3. The van der Waals surface area contributed by atoms with Gasteiger partial charge in [-0.15, -0.1) is 0 Å². The number of rotatable bonds is 25. The van der Waals surface area contributed by atoms with Crippen molar-refractivity contribution >= 4 is 29.7 Å². The van der Waals surface area contributed by atoms with Gasteiger partial charge < -0.3 is 50.6 Å². The summed E-state index contributed by atoms with van der Waals surface area (Å²) in [5, 5.41) is 46.9. The molecule has 1 aromatic carbocycles. The van der Waals surface area contributed by atoms with Crippen LogP contribution < -0.4 is 16.0 Å². The van der Waals surface area contributed by atoms with Gasteiger partial charge in [0.1, 0.15) is 31.0 Å². The van der Waals surface area contributed by atoms with Crippen LogP contribution in [0.1, 0.15) is 96.0 Å². The van der Waals surface area contributed by atoms with Crippen molar-refractivity contribution in [3.8, 4) is 0 Å². The fraction of sp³-hybridized carbons (Fsp3) is 0.686. The van der Waals surface area contributed by atoms with E-state index in [0.29, 0.717) is 51.5 Å². The predicted molar refractivity (Wildman–Crippen MR) is 180 cm³/mol. The molecule has 0 spiro atoms. The number of amides is 3. The summed E-state index contributed by atoms with van der Waals surface area (Å²) in [6.07, 6.45) is 0.129. The first-order valence-electron chi connectivity index (χ1n) is 17.5. The summed E-state index contributed by atoms with van der Waals surface area (Å²) in [5.74, 6) is -2.10. The Kier molecular flexibility index (Phi) is 20.8.